The first kappa shape index (κ1) is 15.0. The summed E-state index contributed by atoms with van der Waals surface area (Å²) in [6.45, 7) is 8.16. The van der Waals surface area contributed by atoms with Gasteiger partial charge in [-0.05, 0) is 31.2 Å². The predicted molar refractivity (Wildman–Crippen MR) is 88.4 cm³/mol. The molecule has 0 radical (unpaired) electrons. The Morgan fingerprint density at radius 2 is 1.73 bits per heavy atom. The number of aliphatic imine (C=N–C) groups is 1. The van der Waals surface area contributed by atoms with Crippen molar-refractivity contribution in [3.8, 4) is 0 Å². The van der Waals surface area contributed by atoms with Crippen LogP contribution in [0.1, 0.15) is 51.7 Å². The molecule has 0 atom stereocenters. The third-order valence-corrected chi connectivity index (χ3v) is 4.40. The van der Waals surface area contributed by atoms with Gasteiger partial charge >= 0.3 is 0 Å². The fourth-order valence-electron chi connectivity index (χ4n) is 3.52. The van der Waals surface area contributed by atoms with E-state index in [0.717, 1.165) is 12.0 Å². The number of carbonyl (C=O) groups is 1. The number of hydrogen-bond donors (Lipinski definition) is 1. The summed E-state index contributed by atoms with van der Waals surface area (Å²) in [5.41, 5.74) is 2.83. The molecule has 3 rings (SSSR count). The molecule has 3 nitrogen and oxygen atoms in total. The maximum absolute atomic E-state index is 12.6. The third-order valence-electron chi connectivity index (χ3n) is 4.40. The lowest BCUT2D eigenvalue weighted by Gasteiger charge is -2.34. The molecule has 116 valence electrons. The number of ketones is 1. The molecule has 0 aromatic heterocycles. The van der Waals surface area contributed by atoms with Crippen molar-refractivity contribution in [3.63, 3.8) is 0 Å². The maximum Gasteiger partial charge on any atom is 0.168 e. The Morgan fingerprint density at radius 3 is 2.41 bits per heavy atom. The number of aliphatic hydroxyl groups excluding tert-OH is 1. The number of carbonyl (C=O) groups excluding carboxylic acids is 1. The molecular formula is C19H23NO2. The monoisotopic (exact) mass is 297 g/mol. The molecule has 1 aromatic rings. The molecule has 0 saturated carbocycles. The molecule has 0 unspecified atom stereocenters. The summed E-state index contributed by atoms with van der Waals surface area (Å²) in [6.07, 6.45) is 1.82. The molecule has 1 aliphatic carbocycles. The van der Waals surface area contributed by atoms with Gasteiger partial charge in [-0.2, -0.15) is 0 Å². The predicted octanol–water partition coefficient (Wildman–Crippen LogP) is 4.01. The Bertz CT molecular complexity index is 708. The number of aliphatic hydroxyl groups is 1. The quantitative estimate of drug-likeness (QED) is 0.851. The number of Topliss-reactive ketones (excluding diaryl/α,β-unsaturated/α-hetero) is 1. The van der Waals surface area contributed by atoms with Crippen molar-refractivity contribution in [2.24, 2.45) is 10.4 Å². The van der Waals surface area contributed by atoms with Crippen LogP contribution in [0.25, 0.3) is 0 Å². The second-order valence-electron chi connectivity index (χ2n) is 7.87. The van der Waals surface area contributed by atoms with Crippen LogP contribution in [0.5, 0.6) is 0 Å². The SMILES string of the molecule is CC1(C)CC(=O)C(C2=NC(C)(C)Cc3ccccc32)=C(O)C1. The number of allylic oxidation sites excluding steroid dienone is 2. The van der Waals surface area contributed by atoms with E-state index in [-0.39, 0.29) is 22.5 Å². The van der Waals surface area contributed by atoms with Crippen LogP contribution in [0.2, 0.25) is 0 Å². The van der Waals surface area contributed by atoms with E-state index in [4.69, 9.17) is 4.99 Å². The van der Waals surface area contributed by atoms with Gasteiger partial charge in [0, 0.05) is 18.4 Å². The summed E-state index contributed by atoms with van der Waals surface area (Å²) in [5, 5.41) is 10.5. The Hall–Kier alpha value is -1.90. The average Bonchev–Trinajstić information content (AvgIpc) is 2.34. The van der Waals surface area contributed by atoms with Gasteiger partial charge < -0.3 is 5.11 Å². The molecule has 0 amide bonds. The first-order valence-electron chi connectivity index (χ1n) is 7.82. The first-order valence-corrected chi connectivity index (χ1v) is 7.82. The molecule has 2 aliphatic rings. The normalized spacial score (nSPS) is 23.1. The molecule has 1 aliphatic heterocycles. The first-order chi connectivity index (χ1) is 10.2. The van der Waals surface area contributed by atoms with Gasteiger partial charge in [0.25, 0.3) is 0 Å². The maximum atomic E-state index is 12.6. The molecule has 1 aromatic carbocycles. The minimum atomic E-state index is -0.260. The van der Waals surface area contributed by atoms with Gasteiger partial charge in [0.1, 0.15) is 5.76 Å². The molecule has 0 bridgehead atoms. The summed E-state index contributed by atoms with van der Waals surface area (Å²) < 4.78 is 0. The fraction of sp³-hybridized carbons (Fsp3) is 0.474. The van der Waals surface area contributed by atoms with Gasteiger partial charge in [0.15, 0.2) is 5.78 Å². The van der Waals surface area contributed by atoms with Gasteiger partial charge in [-0.3, -0.25) is 9.79 Å². The number of nitrogens with zero attached hydrogens (tertiary/aromatic N) is 1. The molecule has 3 heteroatoms. The zero-order valence-corrected chi connectivity index (χ0v) is 13.7. The molecule has 22 heavy (non-hydrogen) atoms. The van der Waals surface area contributed by atoms with Crippen molar-refractivity contribution < 1.29 is 9.90 Å². The molecule has 0 spiro atoms. The molecule has 0 fully saturated rings. The van der Waals surface area contributed by atoms with E-state index in [1.165, 1.54) is 5.56 Å². The largest absolute Gasteiger partial charge is 0.511 e. The topological polar surface area (TPSA) is 49.7 Å². The van der Waals surface area contributed by atoms with Crippen LogP contribution in [0.3, 0.4) is 0 Å². The van der Waals surface area contributed by atoms with Crippen LogP contribution >= 0.6 is 0 Å². The van der Waals surface area contributed by atoms with Gasteiger partial charge in [0.05, 0.1) is 16.8 Å². The molecule has 1 N–H and O–H groups in total. The summed E-state index contributed by atoms with van der Waals surface area (Å²) >= 11 is 0. The highest BCUT2D eigenvalue weighted by Gasteiger charge is 2.38. The highest BCUT2D eigenvalue weighted by molar-refractivity contribution is 6.30. The van der Waals surface area contributed by atoms with E-state index < -0.39 is 0 Å². The zero-order chi connectivity index (χ0) is 16.1. The Labute approximate surface area is 131 Å². The van der Waals surface area contributed by atoms with Crippen LogP contribution in [-0.4, -0.2) is 22.1 Å². The Balaban J connectivity index is 2.18. The van der Waals surface area contributed by atoms with Gasteiger partial charge in [-0.25, -0.2) is 0 Å². The zero-order valence-electron chi connectivity index (χ0n) is 13.7. The molecule has 0 saturated heterocycles. The number of rotatable bonds is 1. The lowest BCUT2D eigenvalue weighted by molar-refractivity contribution is -0.117. The third kappa shape index (κ3) is 2.60. The van der Waals surface area contributed by atoms with Crippen molar-refractivity contribution in [2.45, 2.75) is 52.5 Å². The van der Waals surface area contributed by atoms with Crippen LogP contribution in [-0.2, 0) is 11.2 Å². The summed E-state index contributed by atoms with van der Waals surface area (Å²) in [5.74, 6) is 0.188. The van der Waals surface area contributed by atoms with E-state index >= 15 is 0 Å². The second kappa shape index (κ2) is 4.80. The van der Waals surface area contributed by atoms with E-state index in [9.17, 15) is 9.90 Å². The molecular weight excluding hydrogens is 274 g/mol. The van der Waals surface area contributed by atoms with Crippen molar-refractivity contribution in [2.75, 3.05) is 0 Å². The highest BCUT2D eigenvalue weighted by atomic mass is 16.3. The Kier molecular flexibility index (Phi) is 3.28. The number of benzene rings is 1. The van der Waals surface area contributed by atoms with Crippen LogP contribution in [0.15, 0.2) is 40.6 Å². The van der Waals surface area contributed by atoms with E-state index in [1.54, 1.807) is 0 Å². The van der Waals surface area contributed by atoms with Crippen LogP contribution in [0, 0.1) is 5.41 Å². The highest BCUT2D eigenvalue weighted by Crippen LogP contribution is 2.39. The summed E-state index contributed by atoms with van der Waals surface area (Å²) in [7, 11) is 0. The van der Waals surface area contributed by atoms with Gasteiger partial charge in [-0.1, -0.05) is 38.1 Å². The van der Waals surface area contributed by atoms with Gasteiger partial charge in [0.2, 0.25) is 0 Å². The van der Waals surface area contributed by atoms with Crippen molar-refractivity contribution >= 4 is 11.5 Å². The smallest absolute Gasteiger partial charge is 0.168 e. The second-order valence-corrected chi connectivity index (χ2v) is 7.87. The lowest BCUT2D eigenvalue weighted by Crippen LogP contribution is -2.35. The van der Waals surface area contributed by atoms with Crippen molar-refractivity contribution in [3.05, 3.63) is 46.7 Å². The fourth-order valence-corrected chi connectivity index (χ4v) is 3.52. The molecule has 1 heterocycles. The Morgan fingerprint density at radius 1 is 1.05 bits per heavy atom. The minimum absolute atomic E-state index is 0.00000283. The average molecular weight is 297 g/mol. The van der Waals surface area contributed by atoms with E-state index in [2.05, 4.69) is 19.9 Å². The van der Waals surface area contributed by atoms with Crippen molar-refractivity contribution in [1.29, 1.82) is 0 Å². The standard InChI is InChI=1S/C19H23NO2/c1-18(2)10-14(21)16(15(22)11-18)17-13-8-6-5-7-12(13)9-19(3,4)20-17/h5-8,21H,9-11H2,1-4H3. The number of hydrogen-bond acceptors (Lipinski definition) is 3. The van der Waals surface area contributed by atoms with E-state index in [0.29, 0.717) is 24.1 Å². The summed E-state index contributed by atoms with van der Waals surface area (Å²) in [4.78, 5) is 17.4. The van der Waals surface area contributed by atoms with Gasteiger partial charge in [-0.15, -0.1) is 0 Å². The van der Waals surface area contributed by atoms with Crippen LogP contribution in [0.4, 0.5) is 0 Å². The van der Waals surface area contributed by atoms with Crippen molar-refractivity contribution in [1.82, 2.24) is 0 Å². The number of fused-ring (bicyclic) bond motifs is 1. The van der Waals surface area contributed by atoms with E-state index in [1.807, 2.05) is 32.0 Å². The summed E-state index contributed by atoms with van der Waals surface area (Å²) in [6, 6.07) is 8.05. The van der Waals surface area contributed by atoms with Crippen LogP contribution < -0.4 is 0 Å². The lowest BCUT2D eigenvalue weighted by atomic mass is 9.73. The minimum Gasteiger partial charge on any atom is -0.511 e.